The Balaban J connectivity index is 1.66. The van der Waals surface area contributed by atoms with E-state index in [4.69, 9.17) is 11.6 Å². The summed E-state index contributed by atoms with van der Waals surface area (Å²) in [5, 5.41) is 13.2. The molecule has 0 saturated heterocycles. The number of carbonyl (C=O) groups is 1. The molecule has 2 atom stereocenters. The predicted octanol–water partition coefficient (Wildman–Crippen LogP) is 4.57. The highest BCUT2D eigenvalue weighted by atomic mass is 35.5. The second kappa shape index (κ2) is 9.42. The Morgan fingerprint density at radius 2 is 2.07 bits per heavy atom. The number of carbonyl (C=O) groups excluding carboxylic acids is 1. The maximum atomic E-state index is 12.4. The van der Waals surface area contributed by atoms with E-state index >= 15 is 0 Å². The van der Waals surface area contributed by atoms with E-state index in [0.717, 1.165) is 17.8 Å². The Morgan fingerprint density at radius 3 is 2.78 bits per heavy atom. The van der Waals surface area contributed by atoms with Crippen molar-refractivity contribution in [2.75, 3.05) is 5.75 Å². The first-order valence-corrected chi connectivity index (χ1v) is 10.7. The van der Waals surface area contributed by atoms with Crippen LogP contribution in [0.5, 0.6) is 0 Å². The number of nitrogens with zero attached hydrogens (tertiary/aromatic N) is 3. The van der Waals surface area contributed by atoms with E-state index in [2.05, 4.69) is 29.0 Å². The highest BCUT2D eigenvalue weighted by Gasteiger charge is 2.23. The number of amides is 1. The molecule has 3 rings (SSSR count). The van der Waals surface area contributed by atoms with E-state index in [1.807, 2.05) is 28.8 Å². The van der Waals surface area contributed by atoms with Gasteiger partial charge in [-0.3, -0.25) is 9.36 Å². The summed E-state index contributed by atoms with van der Waals surface area (Å²) in [5.74, 6) is 1.68. The Labute approximate surface area is 169 Å². The van der Waals surface area contributed by atoms with E-state index in [9.17, 15) is 4.79 Å². The molecule has 5 nitrogen and oxygen atoms in total. The van der Waals surface area contributed by atoms with Crippen molar-refractivity contribution in [3.63, 3.8) is 0 Å². The van der Waals surface area contributed by atoms with Gasteiger partial charge in [-0.15, -0.1) is 16.8 Å². The zero-order valence-electron chi connectivity index (χ0n) is 15.5. The third-order valence-corrected chi connectivity index (χ3v) is 6.14. The fourth-order valence-electron chi connectivity index (χ4n) is 3.41. The summed E-state index contributed by atoms with van der Waals surface area (Å²) in [6.45, 7) is 6.62. The van der Waals surface area contributed by atoms with Gasteiger partial charge < -0.3 is 5.32 Å². The maximum Gasteiger partial charge on any atom is 0.230 e. The van der Waals surface area contributed by atoms with Crippen molar-refractivity contribution in [3.8, 4) is 11.4 Å². The van der Waals surface area contributed by atoms with Gasteiger partial charge in [-0.25, -0.2) is 0 Å². The molecule has 0 bridgehead atoms. The smallest absolute Gasteiger partial charge is 0.230 e. The molecule has 1 aromatic carbocycles. The molecule has 7 heteroatoms. The summed E-state index contributed by atoms with van der Waals surface area (Å²) in [5.41, 5.74) is 0.932. The monoisotopic (exact) mass is 404 g/mol. The number of hydrogen-bond acceptors (Lipinski definition) is 4. The summed E-state index contributed by atoms with van der Waals surface area (Å²) in [7, 11) is 0. The topological polar surface area (TPSA) is 59.8 Å². The average molecular weight is 405 g/mol. The maximum absolute atomic E-state index is 12.4. The van der Waals surface area contributed by atoms with Crippen LogP contribution in [-0.4, -0.2) is 32.5 Å². The fourth-order valence-corrected chi connectivity index (χ4v) is 4.30. The van der Waals surface area contributed by atoms with Crippen molar-refractivity contribution in [2.45, 2.75) is 50.4 Å². The summed E-state index contributed by atoms with van der Waals surface area (Å²) < 4.78 is 1.97. The van der Waals surface area contributed by atoms with Crippen LogP contribution in [0.15, 0.2) is 42.1 Å². The Morgan fingerprint density at radius 1 is 1.33 bits per heavy atom. The van der Waals surface area contributed by atoms with Crippen LogP contribution >= 0.6 is 23.4 Å². The van der Waals surface area contributed by atoms with E-state index < -0.39 is 0 Å². The van der Waals surface area contributed by atoms with Crippen LogP contribution in [0.4, 0.5) is 0 Å². The van der Waals surface area contributed by atoms with Crippen LogP contribution < -0.4 is 5.32 Å². The number of benzene rings is 1. The molecule has 1 N–H and O–H groups in total. The van der Waals surface area contributed by atoms with Gasteiger partial charge in [0.2, 0.25) is 5.91 Å². The molecule has 1 aliphatic carbocycles. The first-order valence-electron chi connectivity index (χ1n) is 9.30. The van der Waals surface area contributed by atoms with E-state index in [1.165, 1.54) is 31.0 Å². The van der Waals surface area contributed by atoms with Gasteiger partial charge in [-0.1, -0.05) is 49.2 Å². The third kappa shape index (κ3) is 5.14. The highest BCUT2D eigenvalue weighted by Crippen LogP contribution is 2.26. The summed E-state index contributed by atoms with van der Waals surface area (Å²) in [6, 6.07) is 7.78. The van der Waals surface area contributed by atoms with Crippen molar-refractivity contribution in [3.05, 3.63) is 41.9 Å². The standard InChI is InChI=1S/C20H25ClN4OS/c1-3-12-25-19(15-8-10-16(21)11-9-15)23-24-20(25)27-13-18(26)22-17-7-5-4-6-14(17)2/h3,8-11,14,17H,1,4-7,12-13H2,2H3,(H,22,26)/t14-,17-/m1/s1. The lowest BCUT2D eigenvalue weighted by molar-refractivity contribution is -0.119. The predicted molar refractivity (Wildman–Crippen MR) is 111 cm³/mol. The normalized spacial score (nSPS) is 19.6. The van der Waals surface area contributed by atoms with Crippen molar-refractivity contribution in [1.29, 1.82) is 0 Å². The molecule has 0 aliphatic heterocycles. The zero-order chi connectivity index (χ0) is 19.2. The largest absolute Gasteiger partial charge is 0.352 e. The van der Waals surface area contributed by atoms with Gasteiger partial charge in [0.1, 0.15) is 0 Å². The molecule has 144 valence electrons. The van der Waals surface area contributed by atoms with Crippen molar-refractivity contribution in [1.82, 2.24) is 20.1 Å². The van der Waals surface area contributed by atoms with Crippen molar-refractivity contribution < 1.29 is 4.79 Å². The molecule has 1 saturated carbocycles. The molecule has 27 heavy (non-hydrogen) atoms. The SMILES string of the molecule is C=CCn1c(SCC(=O)N[C@@H]2CCCC[C@H]2C)nnc1-c1ccc(Cl)cc1. The van der Waals surface area contributed by atoms with Gasteiger partial charge in [0.15, 0.2) is 11.0 Å². The Kier molecular flexibility index (Phi) is 6.96. The number of thioether (sulfide) groups is 1. The van der Waals surface area contributed by atoms with Crippen LogP contribution in [0.3, 0.4) is 0 Å². The highest BCUT2D eigenvalue weighted by molar-refractivity contribution is 7.99. The first kappa shape index (κ1) is 20.0. The molecular formula is C20H25ClN4OS. The third-order valence-electron chi connectivity index (χ3n) is 4.92. The molecule has 0 unspecified atom stereocenters. The van der Waals surface area contributed by atoms with E-state index in [-0.39, 0.29) is 5.91 Å². The van der Waals surface area contributed by atoms with Crippen molar-refractivity contribution >= 4 is 29.3 Å². The van der Waals surface area contributed by atoms with Crippen LogP contribution in [0.2, 0.25) is 5.02 Å². The number of nitrogens with one attached hydrogen (secondary N) is 1. The zero-order valence-corrected chi connectivity index (χ0v) is 17.1. The van der Waals surface area contributed by atoms with Gasteiger partial charge >= 0.3 is 0 Å². The lowest BCUT2D eigenvalue weighted by atomic mass is 9.86. The van der Waals surface area contributed by atoms with E-state index in [0.29, 0.717) is 34.4 Å². The van der Waals surface area contributed by atoms with Gasteiger partial charge in [0, 0.05) is 23.2 Å². The van der Waals surface area contributed by atoms with Gasteiger partial charge in [-0.05, 0) is 43.0 Å². The van der Waals surface area contributed by atoms with Gasteiger partial charge in [-0.2, -0.15) is 0 Å². The molecular weight excluding hydrogens is 380 g/mol. The summed E-state index contributed by atoms with van der Waals surface area (Å²) in [6.07, 6.45) is 6.53. The molecule has 1 amide bonds. The minimum atomic E-state index is 0.0555. The van der Waals surface area contributed by atoms with Crippen LogP contribution in [-0.2, 0) is 11.3 Å². The molecule has 1 aliphatic rings. The molecule has 1 aromatic heterocycles. The molecule has 1 fully saturated rings. The van der Waals surface area contributed by atoms with Crippen LogP contribution in [0.25, 0.3) is 11.4 Å². The van der Waals surface area contributed by atoms with Gasteiger partial charge in [0.05, 0.1) is 5.75 Å². The lowest BCUT2D eigenvalue weighted by Crippen LogP contribution is -2.41. The van der Waals surface area contributed by atoms with Gasteiger partial charge in [0.25, 0.3) is 0 Å². The van der Waals surface area contributed by atoms with Crippen LogP contribution in [0.1, 0.15) is 32.6 Å². The van der Waals surface area contributed by atoms with E-state index in [1.54, 1.807) is 6.08 Å². The minimum absolute atomic E-state index is 0.0555. The second-order valence-corrected chi connectivity index (χ2v) is 8.32. The summed E-state index contributed by atoms with van der Waals surface area (Å²) >= 11 is 7.38. The summed E-state index contributed by atoms with van der Waals surface area (Å²) in [4.78, 5) is 12.4. The molecule has 2 aromatic rings. The Bertz CT molecular complexity index is 790. The lowest BCUT2D eigenvalue weighted by Gasteiger charge is -2.29. The second-order valence-electron chi connectivity index (χ2n) is 6.94. The number of aromatic nitrogens is 3. The fraction of sp³-hybridized carbons (Fsp3) is 0.450. The van der Waals surface area contributed by atoms with Crippen molar-refractivity contribution in [2.24, 2.45) is 5.92 Å². The quantitative estimate of drug-likeness (QED) is 0.542. The minimum Gasteiger partial charge on any atom is -0.352 e. The number of halogens is 1. The Hall–Kier alpha value is -1.79. The average Bonchev–Trinajstić information content (AvgIpc) is 3.06. The molecule has 0 radical (unpaired) electrons. The molecule has 1 heterocycles. The molecule has 0 spiro atoms. The number of allylic oxidation sites excluding steroid dienone is 1. The first-order chi connectivity index (χ1) is 13.1. The number of rotatable bonds is 7. The van der Waals surface area contributed by atoms with Crippen LogP contribution in [0, 0.1) is 5.92 Å². The number of hydrogen-bond donors (Lipinski definition) is 1.